The first kappa shape index (κ1) is 10.6. The van der Waals surface area contributed by atoms with Crippen molar-refractivity contribution in [2.45, 2.75) is 19.4 Å². The van der Waals surface area contributed by atoms with Crippen LogP contribution in [0.2, 0.25) is 0 Å². The standard InChI is InChI=1S/C8H13IN4/c1-6(2-3-10)13-8-7(9)4-11-5-12-8/h4-6H,2-3,10H2,1H3,(H,11,12,13). The van der Waals surface area contributed by atoms with Gasteiger partial charge in [0.05, 0.1) is 3.57 Å². The third-order valence-electron chi connectivity index (χ3n) is 1.65. The third-order valence-corrected chi connectivity index (χ3v) is 2.44. The Labute approximate surface area is 91.5 Å². The molecule has 13 heavy (non-hydrogen) atoms. The van der Waals surface area contributed by atoms with E-state index in [1.807, 2.05) is 0 Å². The Kier molecular flexibility index (Phi) is 4.37. The van der Waals surface area contributed by atoms with Crippen LogP contribution in [0.5, 0.6) is 0 Å². The highest BCUT2D eigenvalue weighted by Crippen LogP contribution is 2.13. The molecule has 0 radical (unpaired) electrons. The minimum Gasteiger partial charge on any atom is -0.367 e. The van der Waals surface area contributed by atoms with Crippen molar-refractivity contribution in [2.75, 3.05) is 11.9 Å². The molecule has 72 valence electrons. The summed E-state index contributed by atoms with van der Waals surface area (Å²) in [6.07, 6.45) is 4.27. The molecule has 0 fully saturated rings. The van der Waals surface area contributed by atoms with Crippen LogP contribution in [0.4, 0.5) is 5.82 Å². The van der Waals surface area contributed by atoms with Crippen LogP contribution in [0.3, 0.4) is 0 Å². The fourth-order valence-electron chi connectivity index (χ4n) is 0.974. The molecule has 0 saturated heterocycles. The highest BCUT2D eigenvalue weighted by Gasteiger charge is 2.04. The molecule has 0 aromatic carbocycles. The zero-order chi connectivity index (χ0) is 9.68. The number of aromatic nitrogens is 2. The molecule has 5 heteroatoms. The Morgan fingerprint density at radius 3 is 3.08 bits per heavy atom. The van der Waals surface area contributed by atoms with E-state index in [1.165, 1.54) is 0 Å². The average molecular weight is 292 g/mol. The van der Waals surface area contributed by atoms with Gasteiger partial charge in [0.15, 0.2) is 0 Å². The second-order valence-corrected chi connectivity index (χ2v) is 4.00. The summed E-state index contributed by atoms with van der Waals surface area (Å²) in [6.45, 7) is 2.78. The molecule has 1 heterocycles. The van der Waals surface area contributed by atoms with Crippen molar-refractivity contribution < 1.29 is 0 Å². The SMILES string of the molecule is CC(CCN)Nc1ncncc1I. The molecule has 1 aromatic rings. The number of nitrogens with zero attached hydrogens (tertiary/aromatic N) is 2. The maximum atomic E-state index is 5.45. The second kappa shape index (κ2) is 5.33. The quantitative estimate of drug-likeness (QED) is 0.819. The molecule has 0 aliphatic rings. The number of hydrogen-bond acceptors (Lipinski definition) is 4. The van der Waals surface area contributed by atoms with Crippen molar-refractivity contribution in [3.05, 3.63) is 16.1 Å². The lowest BCUT2D eigenvalue weighted by Crippen LogP contribution is -2.20. The van der Waals surface area contributed by atoms with E-state index in [2.05, 4.69) is 44.8 Å². The Morgan fingerprint density at radius 1 is 1.69 bits per heavy atom. The zero-order valence-corrected chi connectivity index (χ0v) is 9.65. The van der Waals surface area contributed by atoms with Crippen LogP contribution in [0.15, 0.2) is 12.5 Å². The Hall–Kier alpha value is -0.430. The van der Waals surface area contributed by atoms with E-state index in [4.69, 9.17) is 5.73 Å². The summed E-state index contributed by atoms with van der Waals surface area (Å²) in [4.78, 5) is 8.04. The fourth-order valence-corrected chi connectivity index (χ4v) is 1.43. The van der Waals surface area contributed by atoms with Crippen LogP contribution in [-0.2, 0) is 0 Å². The zero-order valence-electron chi connectivity index (χ0n) is 7.50. The van der Waals surface area contributed by atoms with E-state index < -0.39 is 0 Å². The molecule has 0 bridgehead atoms. The van der Waals surface area contributed by atoms with Crippen molar-refractivity contribution in [3.8, 4) is 0 Å². The highest BCUT2D eigenvalue weighted by atomic mass is 127. The van der Waals surface area contributed by atoms with Gasteiger partial charge in [-0.1, -0.05) is 0 Å². The normalized spacial score (nSPS) is 12.5. The molecular formula is C8H13IN4. The summed E-state index contributed by atoms with van der Waals surface area (Å²) in [7, 11) is 0. The van der Waals surface area contributed by atoms with Crippen LogP contribution in [0.25, 0.3) is 0 Å². The van der Waals surface area contributed by atoms with Gasteiger partial charge in [0.1, 0.15) is 12.1 Å². The molecule has 4 nitrogen and oxygen atoms in total. The first-order valence-corrected chi connectivity index (χ1v) is 5.24. The Morgan fingerprint density at radius 2 is 2.46 bits per heavy atom. The van der Waals surface area contributed by atoms with E-state index >= 15 is 0 Å². The summed E-state index contributed by atoms with van der Waals surface area (Å²) < 4.78 is 1.03. The summed E-state index contributed by atoms with van der Waals surface area (Å²) in [5.74, 6) is 0.886. The van der Waals surface area contributed by atoms with Crippen LogP contribution in [-0.4, -0.2) is 22.6 Å². The number of rotatable bonds is 4. The van der Waals surface area contributed by atoms with Crippen LogP contribution < -0.4 is 11.1 Å². The minimum absolute atomic E-state index is 0.355. The van der Waals surface area contributed by atoms with Crippen LogP contribution in [0, 0.1) is 3.57 Å². The van der Waals surface area contributed by atoms with Gasteiger partial charge in [0.25, 0.3) is 0 Å². The van der Waals surface area contributed by atoms with E-state index in [0.29, 0.717) is 12.6 Å². The molecule has 3 N–H and O–H groups in total. The van der Waals surface area contributed by atoms with Crippen molar-refractivity contribution in [3.63, 3.8) is 0 Å². The molecule has 0 aliphatic carbocycles. The van der Waals surface area contributed by atoms with Gasteiger partial charge in [-0.3, -0.25) is 0 Å². The molecule has 0 aliphatic heterocycles. The van der Waals surface area contributed by atoms with Crippen molar-refractivity contribution >= 4 is 28.4 Å². The average Bonchev–Trinajstić information content (AvgIpc) is 2.09. The van der Waals surface area contributed by atoms with Gasteiger partial charge < -0.3 is 11.1 Å². The predicted octanol–water partition coefficient (Wildman–Crippen LogP) is 1.23. The van der Waals surface area contributed by atoms with Gasteiger partial charge in [-0.25, -0.2) is 9.97 Å². The first-order valence-electron chi connectivity index (χ1n) is 4.16. The lowest BCUT2D eigenvalue weighted by atomic mass is 10.2. The Bertz CT molecular complexity index is 266. The monoisotopic (exact) mass is 292 g/mol. The van der Waals surface area contributed by atoms with Crippen molar-refractivity contribution in [1.82, 2.24) is 9.97 Å². The van der Waals surface area contributed by atoms with E-state index in [-0.39, 0.29) is 0 Å². The van der Waals surface area contributed by atoms with Crippen LogP contribution in [0.1, 0.15) is 13.3 Å². The minimum atomic E-state index is 0.355. The summed E-state index contributed by atoms with van der Waals surface area (Å²) in [5.41, 5.74) is 5.45. The van der Waals surface area contributed by atoms with Gasteiger partial charge in [-0.2, -0.15) is 0 Å². The first-order chi connectivity index (χ1) is 6.24. The lowest BCUT2D eigenvalue weighted by Gasteiger charge is -2.13. The summed E-state index contributed by atoms with van der Waals surface area (Å²) in [6, 6.07) is 0.355. The number of hydrogen-bond donors (Lipinski definition) is 2. The summed E-state index contributed by atoms with van der Waals surface area (Å²) in [5, 5.41) is 3.27. The maximum Gasteiger partial charge on any atom is 0.143 e. The van der Waals surface area contributed by atoms with E-state index in [1.54, 1.807) is 12.5 Å². The topological polar surface area (TPSA) is 63.8 Å². The fraction of sp³-hybridized carbons (Fsp3) is 0.500. The third kappa shape index (κ3) is 3.43. The molecule has 1 aromatic heterocycles. The molecular weight excluding hydrogens is 279 g/mol. The van der Waals surface area contributed by atoms with Gasteiger partial charge in [0, 0.05) is 12.2 Å². The van der Waals surface area contributed by atoms with E-state index in [9.17, 15) is 0 Å². The molecule has 1 atom stereocenters. The van der Waals surface area contributed by atoms with Crippen molar-refractivity contribution in [2.24, 2.45) is 5.73 Å². The van der Waals surface area contributed by atoms with E-state index in [0.717, 1.165) is 15.8 Å². The lowest BCUT2D eigenvalue weighted by molar-refractivity contribution is 0.712. The molecule has 0 amide bonds. The molecule has 0 saturated carbocycles. The molecule has 0 spiro atoms. The Balaban J connectivity index is 2.58. The van der Waals surface area contributed by atoms with Crippen molar-refractivity contribution in [1.29, 1.82) is 0 Å². The smallest absolute Gasteiger partial charge is 0.143 e. The second-order valence-electron chi connectivity index (χ2n) is 2.84. The maximum absolute atomic E-state index is 5.45. The van der Waals surface area contributed by atoms with Crippen LogP contribution >= 0.6 is 22.6 Å². The van der Waals surface area contributed by atoms with Gasteiger partial charge in [-0.15, -0.1) is 0 Å². The molecule has 1 unspecified atom stereocenters. The largest absolute Gasteiger partial charge is 0.367 e. The number of halogens is 1. The number of nitrogens with one attached hydrogen (secondary N) is 1. The van der Waals surface area contributed by atoms with Gasteiger partial charge in [0.2, 0.25) is 0 Å². The number of nitrogens with two attached hydrogens (primary N) is 1. The highest BCUT2D eigenvalue weighted by molar-refractivity contribution is 14.1. The number of anilines is 1. The predicted molar refractivity (Wildman–Crippen MR) is 61.5 cm³/mol. The van der Waals surface area contributed by atoms with Gasteiger partial charge in [-0.05, 0) is 42.5 Å². The summed E-state index contributed by atoms with van der Waals surface area (Å²) >= 11 is 2.20. The molecule has 1 rings (SSSR count). The van der Waals surface area contributed by atoms with Gasteiger partial charge >= 0.3 is 0 Å².